The number of sulfonamides is 1. The molecular formula is C8H16N2O4S. The molecule has 1 unspecified atom stereocenters. The third-order valence-corrected chi connectivity index (χ3v) is 4.44. The topological polar surface area (TPSA) is 101 Å². The van der Waals surface area contributed by atoms with E-state index >= 15 is 0 Å². The van der Waals surface area contributed by atoms with Gasteiger partial charge in [0.1, 0.15) is 0 Å². The van der Waals surface area contributed by atoms with E-state index in [1.54, 1.807) is 0 Å². The molecule has 0 aromatic heterocycles. The molecule has 1 atom stereocenters. The SMILES string of the molecule is NCC1CCCN1S(=O)(=O)CCC(=O)O. The Bertz CT molecular complexity index is 328. The summed E-state index contributed by atoms with van der Waals surface area (Å²) in [4.78, 5) is 10.3. The second-order valence-electron chi connectivity index (χ2n) is 3.60. The van der Waals surface area contributed by atoms with E-state index in [0.29, 0.717) is 13.1 Å². The van der Waals surface area contributed by atoms with E-state index in [2.05, 4.69) is 0 Å². The molecule has 1 fully saturated rings. The molecule has 0 spiro atoms. The van der Waals surface area contributed by atoms with Gasteiger partial charge < -0.3 is 10.8 Å². The number of nitrogens with two attached hydrogens (primary N) is 1. The molecule has 1 rings (SSSR count). The van der Waals surface area contributed by atoms with Gasteiger partial charge in [-0.25, -0.2) is 8.42 Å². The largest absolute Gasteiger partial charge is 0.481 e. The second kappa shape index (κ2) is 4.91. The minimum atomic E-state index is -3.44. The van der Waals surface area contributed by atoms with Crippen LogP contribution in [0.1, 0.15) is 19.3 Å². The minimum absolute atomic E-state index is 0.149. The van der Waals surface area contributed by atoms with Gasteiger partial charge in [0.05, 0.1) is 12.2 Å². The van der Waals surface area contributed by atoms with E-state index in [1.807, 2.05) is 0 Å². The number of aliphatic carboxylic acids is 1. The molecule has 0 aromatic carbocycles. The Hall–Kier alpha value is -0.660. The van der Waals surface area contributed by atoms with Crippen molar-refractivity contribution in [3.8, 4) is 0 Å². The molecule has 1 heterocycles. The van der Waals surface area contributed by atoms with Gasteiger partial charge in [0.2, 0.25) is 10.0 Å². The molecule has 15 heavy (non-hydrogen) atoms. The highest BCUT2D eigenvalue weighted by molar-refractivity contribution is 7.89. The summed E-state index contributed by atoms with van der Waals surface area (Å²) in [5.41, 5.74) is 5.45. The number of carboxylic acid groups (broad SMARTS) is 1. The highest BCUT2D eigenvalue weighted by Gasteiger charge is 2.33. The molecule has 1 saturated heterocycles. The molecular weight excluding hydrogens is 220 g/mol. The van der Waals surface area contributed by atoms with Gasteiger partial charge in [-0.2, -0.15) is 4.31 Å². The van der Waals surface area contributed by atoms with E-state index in [0.717, 1.165) is 12.8 Å². The van der Waals surface area contributed by atoms with Crippen LogP contribution in [0.2, 0.25) is 0 Å². The summed E-state index contributed by atoms with van der Waals surface area (Å²) < 4.78 is 24.8. The highest BCUT2D eigenvalue weighted by Crippen LogP contribution is 2.20. The molecule has 0 amide bonds. The number of hydrogen-bond acceptors (Lipinski definition) is 4. The van der Waals surface area contributed by atoms with Crippen LogP contribution < -0.4 is 5.73 Å². The Morgan fingerprint density at radius 1 is 1.53 bits per heavy atom. The molecule has 1 aliphatic heterocycles. The van der Waals surface area contributed by atoms with Crippen molar-refractivity contribution in [1.29, 1.82) is 0 Å². The third-order valence-electron chi connectivity index (χ3n) is 2.53. The van der Waals surface area contributed by atoms with E-state index in [-0.39, 0.29) is 18.2 Å². The minimum Gasteiger partial charge on any atom is -0.481 e. The summed E-state index contributed by atoms with van der Waals surface area (Å²) in [6, 6.07) is -0.149. The van der Waals surface area contributed by atoms with Crippen molar-refractivity contribution in [3.63, 3.8) is 0 Å². The molecule has 88 valence electrons. The maximum atomic E-state index is 11.7. The fourth-order valence-corrected chi connectivity index (χ4v) is 3.46. The number of carboxylic acids is 1. The van der Waals surface area contributed by atoms with Gasteiger partial charge >= 0.3 is 5.97 Å². The number of rotatable bonds is 5. The van der Waals surface area contributed by atoms with Crippen LogP contribution in [0.5, 0.6) is 0 Å². The lowest BCUT2D eigenvalue weighted by atomic mass is 10.2. The quantitative estimate of drug-likeness (QED) is 0.651. The molecule has 6 nitrogen and oxygen atoms in total. The van der Waals surface area contributed by atoms with Crippen LogP contribution in [0.25, 0.3) is 0 Å². The fraction of sp³-hybridized carbons (Fsp3) is 0.875. The van der Waals surface area contributed by atoms with Crippen molar-refractivity contribution >= 4 is 16.0 Å². The zero-order chi connectivity index (χ0) is 11.5. The lowest BCUT2D eigenvalue weighted by Gasteiger charge is -2.22. The lowest BCUT2D eigenvalue weighted by Crippen LogP contribution is -2.41. The Labute approximate surface area is 89.1 Å². The van der Waals surface area contributed by atoms with Gasteiger partial charge in [-0.1, -0.05) is 0 Å². The van der Waals surface area contributed by atoms with Crippen LogP contribution in [0.4, 0.5) is 0 Å². The van der Waals surface area contributed by atoms with Crippen molar-refractivity contribution in [1.82, 2.24) is 4.31 Å². The first-order chi connectivity index (χ1) is 6.97. The van der Waals surface area contributed by atoms with E-state index in [9.17, 15) is 13.2 Å². The summed E-state index contributed by atoms with van der Waals surface area (Å²) in [7, 11) is -3.44. The van der Waals surface area contributed by atoms with Crippen LogP contribution >= 0.6 is 0 Å². The molecule has 0 radical (unpaired) electrons. The summed E-state index contributed by atoms with van der Waals surface area (Å²) in [5.74, 6) is -1.43. The van der Waals surface area contributed by atoms with Gasteiger partial charge in [-0.3, -0.25) is 4.79 Å². The van der Waals surface area contributed by atoms with E-state index in [4.69, 9.17) is 10.8 Å². The van der Waals surface area contributed by atoms with Crippen LogP contribution in [0, 0.1) is 0 Å². The maximum Gasteiger partial charge on any atom is 0.304 e. The molecule has 7 heteroatoms. The molecule has 0 saturated carbocycles. The zero-order valence-electron chi connectivity index (χ0n) is 8.42. The van der Waals surface area contributed by atoms with Gasteiger partial charge in [0, 0.05) is 19.1 Å². The molecule has 0 aromatic rings. The van der Waals surface area contributed by atoms with Gasteiger partial charge in [-0.15, -0.1) is 0 Å². The Balaban J connectivity index is 2.64. The summed E-state index contributed by atoms with van der Waals surface area (Å²) in [5, 5.41) is 8.44. The average Bonchev–Trinajstić information content (AvgIpc) is 2.63. The Morgan fingerprint density at radius 3 is 2.73 bits per heavy atom. The molecule has 1 aliphatic rings. The van der Waals surface area contributed by atoms with Crippen LogP contribution in [0.15, 0.2) is 0 Å². The van der Waals surface area contributed by atoms with Crippen LogP contribution in [-0.2, 0) is 14.8 Å². The smallest absolute Gasteiger partial charge is 0.304 e. The maximum absolute atomic E-state index is 11.7. The van der Waals surface area contributed by atoms with Gasteiger partial charge in [0.15, 0.2) is 0 Å². The summed E-state index contributed by atoms with van der Waals surface area (Å²) >= 11 is 0. The zero-order valence-corrected chi connectivity index (χ0v) is 9.24. The first kappa shape index (κ1) is 12.4. The third kappa shape index (κ3) is 3.15. The fourth-order valence-electron chi connectivity index (χ4n) is 1.74. The van der Waals surface area contributed by atoms with Crippen molar-refractivity contribution in [2.45, 2.75) is 25.3 Å². The van der Waals surface area contributed by atoms with Crippen molar-refractivity contribution in [3.05, 3.63) is 0 Å². The standard InChI is InChI=1S/C8H16N2O4S/c9-6-7-2-1-4-10(7)15(13,14)5-3-8(11)12/h7H,1-6,9H2,(H,11,12). The monoisotopic (exact) mass is 236 g/mol. The lowest BCUT2D eigenvalue weighted by molar-refractivity contribution is -0.136. The summed E-state index contributed by atoms with van der Waals surface area (Å²) in [6.45, 7) is 0.760. The van der Waals surface area contributed by atoms with Crippen molar-refractivity contribution in [2.24, 2.45) is 5.73 Å². The Kier molecular flexibility index (Phi) is 4.06. The van der Waals surface area contributed by atoms with Crippen molar-refractivity contribution in [2.75, 3.05) is 18.8 Å². The highest BCUT2D eigenvalue weighted by atomic mass is 32.2. The average molecular weight is 236 g/mol. The van der Waals surface area contributed by atoms with Crippen LogP contribution in [-0.4, -0.2) is 48.7 Å². The van der Waals surface area contributed by atoms with Crippen molar-refractivity contribution < 1.29 is 18.3 Å². The van der Waals surface area contributed by atoms with Gasteiger partial charge in [0.25, 0.3) is 0 Å². The number of carbonyl (C=O) groups is 1. The first-order valence-corrected chi connectivity index (χ1v) is 6.49. The van der Waals surface area contributed by atoms with Crippen LogP contribution in [0.3, 0.4) is 0 Å². The number of hydrogen-bond donors (Lipinski definition) is 2. The van der Waals surface area contributed by atoms with E-state index in [1.165, 1.54) is 4.31 Å². The predicted molar refractivity (Wildman–Crippen MR) is 54.8 cm³/mol. The number of nitrogens with zero attached hydrogens (tertiary/aromatic N) is 1. The first-order valence-electron chi connectivity index (χ1n) is 4.89. The van der Waals surface area contributed by atoms with Gasteiger partial charge in [-0.05, 0) is 12.8 Å². The molecule has 0 bridgehead atoms. The predicted octanol–water partition coefficient (Wildman–Crippen LogP) is -0.786. The van der Waals surface area contributed by atoms with E-state index < -0.39 is 16.0 Å². The molecule has 0 aliphatic carbocycles. The normalized spacial score (nSPS) is 23.1. The summed E-state index contributed by atoms with van der Waals surface area (Å²) in [6.07, 6.45) is 1.22. The molecule has 3 N–H and O–H groups in total. The Morgan fingerprint density at radius 2 is 2.20 bits per heavy atom. The second-order valence-corrected chi connectivity index (χ2v) is 5.64.